The molecule has 0 saturated heterocycles. The van der Waals surface area contributed by atoms with Crippen LogP contribution in [0.3, 0.4) is 0 Å². The van der Waals surface area contributed by atoms with E-state index in [-0.39, 0.29) is 6.04 Å². The molecule has 1 aliphatic heterocycles. The summed E-state index contributed by atoms with van der Waals surface area (Å²) in [6, 6.07) is 6.13. The number of hydrogen-bond acceptors (Lipinski definition) is 2. The van der Waals surface area contributed by atoms with Crippen molar-refractivity contribution in [1.82, 2.24) is 4.98 Å². The number of ether oxygens (including phenoxy) is 1. The van der Waals surface area contributed by atoms with Crippen LogP contribution in [0.15, 0.2) is 24.4 Å². The highest BCUT2D eigenvalue weighted by Gasteiger charge is 2.22. The zero-order valence-corrected chi connectivity index (χ0v) is 7.08. The van der Waals surface area contributed by atoms with Crippen LogP contribution in [0.1, 0.15) is 11.6 Å². The van der Waals surface area contributed by atoms with E-state index < -0.39 is 0 Å². The van der Waals surface area contributed by atoms with Crippen LogP contribution >= 0.6 is 0 Å². The maximum Gasteiger partial charge on any atom is 0.133 e. The highest BCUT2D eigenvalue weighted by molar-refractivity contribution is 5.87. The zero-order valence-electron chi connectivity index (χ0n) is 7.08. The lowest BCUT2D eigenvalue weighted by atomic mass is 10.1. The van der Waals surface area contributed by atoms with E-state index in [4.69, 9.17) is 10.5 Å². The molecule has 1 aliphatic rings. The minimum absolute atomic E-state index is 0.0364. The number of rotatable bonds is 0. The molecule has 3 N–H and O–H groups in total. The van der Waals surface area contributed by atoms with Gasteiger partial charge < -0.3 is 15.5 Å². The Bertz CT molecular complexity index is 461. The molecule has 3 rings (SSSR count). The van der Waals surface area contributed by atoms with Crippen LogP contribution < -0.4 is 10.5 Å². The summed E-state index contributed by atoms with van der Waals surface area (Å²) in [5.74, 6) is 0.950. The Morgan fingerprint density at radius 2 is 2.31 bits per heavy atom. The standard InChI is InChI=1S/C10H10N2O/c11-8-5-13-10-6(8)1-2-9-7(10)3-4-12-9/h1-4,8,12H,5,11H2/t8-/m1/s1. The molecule has 13 heavy (non-hydrogen) atoms. The van der Waals surface area contributed by atoms with Gasteiger partial charge in [0.15, 0.2) is 0 Å². The molecular weight excluding hydrogens is 164 g/mol. The van der Waals surface area contributed by atoms with Gasteiger partial charge in [0.05, 0.1) is 6.04 Å². The predicted molar refractivity (Wildman–Crippen MR) is 50.7 cm³/mol. The van der Waals surface area contributed by atoms with Gasteiger partial charge in [0.2, 0.25) is 0 Å². The maximum absolute atomic E-state index is 5.87. The van der Waals surface area contributed by atoms with Crippen molar-refractivity contribution in [3.8, 4) is 5.75 Å². The first-order chi connectivity index (χ1) is 6.36. The minimum atomic E-state index is 0.0364. The van der Waals surface area contributed by atoms with Gasteiger partial charge in [0.25, 0.3) is 0 Å². The minimum Gasteiger partial charge on any atom is -0.491 e. The number of H-pyrrole nitrogens is 1. The summed E-state index contributed by atoms with van der Waals surface area (Å²) < 4.78 is 5.54. The molecule has 66 valence electrons. The second-order valence-electron chi connectivity index (χ2n) is 3.34. The first-order valence-electron chi connectivity index (χ1n) is 4.34. The number of fused-ring (bicyclic) bond motifs is 3. The van der Waals surface area contributed by atoms with Crippen LogP contribution in [0.25, 0.3) is 10.9 Å². The molecule has 3 heteroatoms. The molecule has 0 radical (unpaired) electrons. The molecule has 0 bridgehead atoms. The number of aromatic amines is 1. The van der Waals surface area contributed by atoms with Gasteiger partial charge in [-0.05, 0) is 12.1 Å². The van der Waals surface area contributed by atoms with Gasteiger partial charge in [-0.1, -0.05) is 6.07 Å². The summed E-state index contributed by atoms with van der Waals surface area (Å²) in [4.78, 5) is 3.14. The highest BCUT2D eigenvalue weighted by Crippen LogP contribution is 2.37. The van der Waals surface area contributed by atoms with E-state index in [9.17, 15) is 0 Å². The van der Waals surface area contributed by atoms with E-state index in [0.717, 1.165) is 22.2 Å². The van der Waals surface area contributed by atoms with E-state index in [1.165, 1.54) is 0 Å². The topological polar surface area (TPSA) is 51.0 Å². The number of nitrogens with two attached hydrogens (primary N) is 1. The fourth-order valence-corrected chi connectivity index (χ4v) is 1.84. The Labute approximate surface area is 75.5 Å². The lowest BCUT2D eigenvalue weighted by Crippen LogP contribution is -2.10. The summed E-state index contributed by atoms with van der Waals surface area (Å²) >= 11 is 0. The van der Waals surface area contributed by atoms with Crippen LogP contribution in [0.5, 0.6) is 5.75 Å². The van der Waals surface area contributed by atoms with E-state index in [2.05, 4.69) is 4.98 Å². The summed E-state index contributed by atoms with van der Waals surface area (Å²) in [5.41, 5.74) is 8.09. The summed E-state index contributed by atoms with van der Waals surface area (Å²) in [6.45, 7) is 0.597. The van der Waals surface area contributed by atoms with Gasteiger partial charge in [0.1, 0.15) is 12.4 Å². The van der Waals surface area contributed by atoms with E-state index in [1.54, 1.807) is 0 Å². The Morgan fingerprint density at radius 1 is 1.38 bits per heavy atom. The molecule has 0 fully saturated rings. The third kappa shape index (κ3) is 0.820. The van der Waals surface area contributed by atoms with Crippen LogP contribution in [0.4, 0.5) is 0 Å². The Hall–Kier alpha value is -1.48. The first kappa shape index (κ1) is 6.97. The van der Waals surface area contributed by atoms with Crippen LogP contribution in [-0.4, -0.2) is 11.6 Å². The molecule has 2 heterocycles. The largest absolute Gasteiger partial charge is 0.491 e. The Kier molecular flexibility index (Phi) is 1.21. The van der Waals surface area contributed by atoms with Crippen LogP contribution in [0.2, 0.25) is 0 Å². The molecular formula is C10H10N2O. The Morgan fingerprint density at radius 3 is 3.23 bits per heavy atom. The third-order valence-corrected chi connectivity index (χ3v) is 2.52. The van der Waals surface area contributed by atoms with E-state index >= 15 is 0 Å². The number of aromatic nitrogens is 1. The number of hydrogen-bond donors (Lipinski definition) is 2. The highest BCUT2D eigenvalue weighted by atomic mass is 16.5. The molecule has 3 nitrogen and oxygen atoms in total. The molecule has 1 aromatic heterocycles. The van der Waals surface area contributed by atoms with Crippen molar-refractivity contribution in [2.45, 2.75) is 6.04 Å². The van der Waals surface area contributed by atoms with Crippen molar-refractivity contribution in [2.24, 2.45) is 5.73 Å². The lowest BCUT2D eigenvalue weighted by Gasteiger charge is -2.00. The fourth-order valence-electron chi connectivity index (χ4n) is 1.84. The van der Waals surface area contributed by atoms with Crippen molar-refractivity contribution in [2.75, 3.05) is 6.61 Å². The molecule has 0 saturated carbocycles. The third-order valence-electron chi connectivity index (χ3n) is 2.52. The van der Waals surface area contributed by atoms with Gasteiger partial charge in [-0.15, -0.1) is 0 Å². The van der Waals surface area contributed by atoms with Crippen molar-refractivity contribution in [3.05, 3.63) is 30.0 Å². The zero-order chi connectivity index (χ0) is 8.84. The average Bonchev–Trinajstić information content (AvgIpc) is 2.70. The van der Waals surface area contributed by atoms with E-state index in [1.807, 2.05) is 24.4 Å². The van der Waals surface area contributed by atoms with E-state index in [0.29, 0.717) is 6.61 Å². The lowest BCUT2D eigenvalue weighted by molar-refractivity contribution is 0.336. The quantitative estimate of drug-likeness (QED) is 0.636. The van der Waals surface area contributed by atoms with Crippen LogP contribution in [0, 0.1) is 0 Å². The molecule has 0 aliphatic carbocycles. The normalized spacial score (nSPS) is 20.2. The second-order valence-corrected chi connectivity index (χ2v) is 3.34. The van der Waals surface area contributed by atoms with Crippen molar-refractivity contribution in [1.29, 1.82) is 0 Å². The number of nitrogens with one attached hydrogen (secondary N) is 1. The summed E-state index contributed by atoms with van der Waals surface area (Å²) in [7, 11) is 0. The average molecular weight is 174 g/mol. The summed E-state index contributed by atoms with van der Waals surface area (Å²) in [6.07, 6.45) is 1.91. The molecule has 0 amide bonds. The molecule has 0 unspecified atom stereocenters. The van der Waals surface area contributed by atoms with Gasteiger partial charge >= 0.3 is 0 Å². The van der Waals surface area contributed by atoms with Gasteiger partial charge in [-0.3, -0.25) is 0 Å². The van der Waals surface area contributed by atoms with Gasteiger partial charge in [-0.2, -0.15) is 0 Å². The smallest absolute Gasteiger partial charge is 0.133 e. The summed E-state index contributed by atoms with van der Waals surface area (Å²) in [5, 5.41) is 1.13. The van der Waals surface area contributed by atoms with Crippen molar-refractivity contribution < 1.29 is 4.74 Å². The predicted octanol–water partition coefficient (Wildman–Crippen LogP) is 1.56. The number of benzene rings is 1. The first-order valence-corrected chi connectivity index (χ1v) is 4.34. The Balaban J connectivity index is 2.39. The molecule has 2 aromatic rings. The molecule has 1 aromatic carbocycles. The van der Waals surface area contributed by atoms with Gasteiger partial charge in [-0.25, -0.2) is 0 Å². The SMILES string of the molecule is N[C@@H]1COc2c1ccc1[nH]ccc21. The second kappa shape index (κ2) is 2.26. The fraction of sp³-hybridized carbons (Fsp3) is 0.200. The molecule has 1 atom stereocenters. The monoisotopic (exact) mass is 174 g/mol. The van der Waals surface area contributed by atoms with Crippen LogP contribution in [-0.2, 0) is 0 Å². The maximum atomic E-state index is 5.87. The molecule has 0 spiro atoms. The van der Waals surface area contributed by atoms with Gasteiger partial charge in [0, 0.05) is 22.7 Å². The van der Waals surface area contributed by atoms with Crippen molar-refractivity contribution >= 4 is 10.9 Å². The van der Waals surface area contributed by atoms with Crippen molar-refractivity contribution in [3.63, 3.8) is 0 Å².